The summed E-state index contributed by atoms with van der Waals surface area (Å²) in [5, 5.41) is 3.48. The molecule has 23 heavy (non-hydrogen) atoms. The minimum atomic E-state index is -0.101. The minimum Gasteiger partial charge on any atom is -0.483 e. The Labute approximate surface area is 139 Å². The molecule has 1 saturated heterocycles. The first-order chi connectivity index (χ1) is 11.1. The molecule has 1 aromatic carbocycles. The van der Waals surface area contributed by atoms with Gasteiger partial charge in [0.15, 0.2) is 6.61 Å². The van der Waals surface area contributed by atoms with Crippen molar-refractivity contribution < 1.29 is 19.1 Å². The number of hydrogen-bond donors (Lipinski definition) is 1. The van der Waals surface area contributed by atoms with E-state index in [2.05, 4.69) is 5.32 Å². The number of carbonyl (C=O) groups is 2. The second-order valence-corrected chi connectivity index (χ2v) is 6.14. The molecule has 3 rings (SSSR count). The number of amides is 2. The smallest absolute Gasteiger partial charge is 0.260 e. The molecule has 2 heterocycles. The Balaban J connectivity index is 1.56. The maximum atomic E-state index is 12.1. The summed E-state index contributed by atoms with van der Waals surface area (Å²) < 4.78 is 10.7. The van der Waals surface area contributed by atoms with Crippen molar-refractivity contribution in [3.8, 4) is 5.75 Å². The highest BCUT2D eigenvalue weighted by atomic mass is 35.5. The van der Waals surface area contributed by atoms with Crippen molar-refractivity contribution in [2.24, 2.45) is 5.92 Å². The Hall–Kier alpha value is -1.79. The summed E-state index contributed by atoms with van der Waals surface area (Å²) in [7, 11) is 0. The van der Waals surface area contributed by atoms with Crippen LogP contribution >= 0.6 is 11.6 Å². The fourth-order valence-electron chi connectivity index (χ4n) is 2.74. The van der Waals surface area contributed by atoms with Crippen molar-refractivity contribution in [2.75, 3.05) is 32.9 Å². The minimum absolute atomic E-state index is 0.000949. The second kappa shape index (κ2) is 7.19. The molecule has 2 aliphatic heterocycles. The van der Waals surface area contributed by atoms with Gasteiger partial charge in [0, 0.05) is 36.8 Å². The number of benzene rings is 1. The molecular formula is C16H19ClN2O4. The van der Waals surface area contributed by atoms with E-state index in [0.29, 0.717) is 43.6 Å². The summed E-state index contributed by atoms with van der Waals surface area (Å²) in [6, 6.07) is 5.32. The van der Waals surface area contributed by atoms with E-state index >= 15 is 0 Å². The van der Waals surface area contributed by atoms with Crippen molar-refractivity contribution in [3.63, 3.8) is 0 Å². The van der Waals surface area contributed by atoms with Crippen LogP contribution in [0.25, 0.3) is 0 Å². The van der Waals surface area contributed by atoms with Crippen molar-refractivity contribution in [2.45, 2.75) is 13.0 Å². The van der Waals surface area contributed by atoms with Gasteiger partial charge in [-0.2, -0.15) is 0 Å². The third-order valence-electron chi connectivity index (χ3n) is 4.07. The van der Waals surface area contributed by atoms with E-state index in [0.717, 1.165) is 12.0 Å². The summed E-state index contributed by atoms with van der Waals surface area (Å²) in [6.07, 6.45) is 0.758. The Bertz CT molecular complexity index is 602. The van der Waals surface area contributed by atoms with E-state index < -0.39 is 0 Å². The van der Waals surface area contributed by atoms with Gasteiger partial charge in [-0.1, -0.05) is 11.6 Å². The number of ether oxygens (including phenoxy) is 2. The molecule has 124 valence electrons. The first-order valence-electron chi connectivity index (χ1n) is 7.68. The monoisotopic (exact) mass is 338 g/mol. The number of halogens is 1. The quantitative estimate of drug-likeness (QED) is 0.896. The number of hydrogen-bond acceptors (Lipinski definition) is 4. The molecule has 2 aliphatic rings. The van der Waals surface area contributed by atoms with Crippen LogP contribution in [0.1, 0.15) is 12.0 Å². The average molecular weight is 339 g/mol. The number of fused-ring (bicyclic) bond motifs is 1. The van der Waals surface area contributed by atoms with Crippen molar-refractivity contribution in [1.82, 2.24) is 10.2 Å². The van der Waals surface area contributed by atoms with Crippen LogP contribution in [0.4, 0.5) is 0 Å². The van der Waals surface area contributed by atoms with Gasteiger partial charge in [0.1, 0.15) is 5.75 Å². The zero-order valence-electron chi connectivity index (χ0n) is 12.7. The highest BCUT2D eigenvalue weighted by Crippen LogP contribution is 2.26. The maximum absolute atomic E-state index is 12.1. The Morgan fingerprint density at radius 1 is 1.43 bits per heavy atom. The molecule has 1 N–H and O–H groups in total. The topological polar surface area (TPSA) is 67.9 Å². The van der Waals surface area contributed by atoms with E-state index in [1.54, 1.807) is 23.1 Å². The maximum Gasteiger partial charge on any atom is 0.260 e. The van der Waals surface area contributed by atoms with Gasteiger partial charge in [0.05, 0.1) is 12.5 Å². The Morgan fingerprint density at radius 2 is 2.30 bits per heavy atom. The SMILES string of the molecule is O=C(NCCN1Cc2cc(Cl)ccc2OCC1=O)[C@@H]1CCOC1. The number of carbonyl (C=O) groups excluding carboxylic acids is 2. The normalized spacial score (nSPS) is 20.7. The van der Waals surface area contributed by atoms with Crippen LogP contribution in [0, 0.1) is 5.92 Å². The summed E-state index contributed by atoms with van der Waals surface area (Å²) in [5.74, 6) is 0.496. The van der Waals surface area contributed by atoms with Crippen LogP contribution in [0.2, 0.25) is 5.02 Å². The summed E-state index contributed by atoms with van der Waals surface area (Å²) in [4.78, 5) is 25.8. The van der Waals surface area contributed by atoms with Gasteiger partial charge < -0.3 is 19.7 Å². The predicted octanol–water partition coefficient (Wildman–Crippen LogP) is 1.21. The van der Waals surface area contributed by atoms with E-state index in [-0.39, 0.29) is 24.3 Å². The number of nitrogens with one attached hydrogen (secondary N) is 1. The molecule has 0 unspecified atom stereocenters. The molecule has 0 bridgehead atoms. The third kappa shape index (κ3) is 3.95. The van der Waals surface area contributed by atoms with Crippen LogP contribution in [-0.2, 0) is 20.9 Å². The number of nitrogens with zero attached hydrogens (tertiary/aromatic N) is 1. The molecule has 0 saturated carbocycles. The van der Waals surface area contributed by atoms with Crippen molar-refractivity contribution in [3.05, 3.63) is 28.8 Å². The van der Waals surface area contributed by atoms with Crippen molar-refractivity contribution >= 4 is 23.4 Å². The fourth-order valence-corrected chi connectivity index (χ4v) is 2.94. The molecule has 0 aromatic heterocycles. The molecule has 6 nitrogen and oxygen atoms in total. The van der Waals surface area contributed by atoms with Crippen molar-refractivity contribution in [1.29, 1.82) is 0 Å². The summed E-state index contributed by atoms with van der Waals surface area (Å²) in [5.41, 5.74) is 0.874. The van der Waals surface area contributed by atoms with E-state index in [1.165, 1.54) is 0 Å². The summed E-state index contributed by atoms with van der Waals surface area (Å²) >= 11 is 6.00. The largest absolute Gasteiger partial charge is 0.483 e. The Morgan fingerprint density at radius 3 is 3.09 bits per heavy atom. The van der Waals surface area contributed by atoms with Gasteiger partial charge in [-0.15, -0.1) is 0 Å². The van der Waals surface area contributed by atoms with Gasteiger partial charge in [0.2, 0.25) is 5.91 Å². The van der Waals surface area contributed by atoms with Gasteiger partial charge in [-0.25, -0.2) is 0 Å². The standard InChI is InChI=1S/C16H19ClN2O4/c17-13-1-2-14-12(7-13)8-19(15(20)10-23-14)5-4-18-16(21)11-3-6-22-9-11/h1-2,7,11H,3-6,8-10H2,(H,18,21)/t11-/m1/s1. The van der Waals surface area contributed by atoms with Crippen LogP contribution in [0.15, 0.2) is 18.2 Å². The second-order valence-electron chi connectivity index (χ2n) is 5.71. The lowest BCUT2D eigenvalue weighted by atomic mass is 10.1. The molecule has 0 aliphatic carbocycles. The molecular weight excluding hydrogens is 320 g/mol. The van der Waals surface area contributed by atoms with Crippen LogP contribution in [0.5, 0.6) is 5.75 Å². The van der Waals surface area contributed by atoms with Gasteiger partial charge in [-0.3, -0.25) is 9.59 Å². The third-order valence-corrected chi connectivity index (χ3v) is 4.30. The van der Waals surface area contributed by atoms with E-state index in [9.17, 15) is 9.59 Å². The van der Waals surface area contributed by atoms with Crippen LogP contribution in [-0.4, -0.2) is 49.6 Å². The van der Waals surface area contributed by atoms with Crippen LogP contribution in [0.3, 0.4) is 0 Å². The number of rotatable bonds is 4. The molecule has 7 heteroatoms. The molecule has 0 spiro atoms. The van der Waals surface area contributed by atoms with Gasteiger partial charge in [-0.05, 0) is 24.6 Å². The first-order valence-corrected chi connectivity index (χ1v) is 8.06. The van der Waals surface area contributed by atoms with Crippen LogP contribution < -0.4 is 10.1 Å². The predicted molar refractivity (Wildman–Crippen MR) is 84.3 cm³/mol. The van der Waals surface area contributed by atoms with Gasteiger partial charge >= 0.3 is 0 Å². The average Bonchev–Trinajstić information content (AvgIpc) is 3.02. The molecule has 1 fully saturated rings. The fraction of sp³-hybridized carbons (Fsp3) is 0.500. The lowest BCUT2D eigenvalue weighted by Gasteiger charge is -2.20. The molecule has 1 atom stereocenters. The first kappa shape index (κ1) is 16.1. The highest BCUT2D eigenvalue weighted by Gasteiger charge is 2.24. The summed E-state index contributed by atoms with van der Waals surface area (Å²) in [6.45, 7) is 2.40. The van der Waals surface area contributed by atoms with E-state index in [1.807, 2.05) is 0 Å². The molecule has 0 radical (unpaired) electrons. The molecule has 2 amide bonds. The lowest BCUT2D eigenvalue weighted by Crippen LogP contribution is -2.40. The molecule has 1 aromatic rings. The highest BCUT2D eigenvalue weighted by molar-refractivity contribution is 6.30. The zero-order chi connectivity index (χ0) is 16.2. The zero-order valence-corrected chi connectivity index (χ0v) is 13.5. The Kier molecular flexibility index (Phi) is 5.03. The van der Waals surface area contributed by atoms with E-state index in [4.69, 9.17) is 21.1 Å². The van der Waals surface area contributed by atoms with Gasteiger partial charge in [0.25, 0.3) is 5.91 Å². The lowest BCUT2D eigenvalue weighted by molar-refractivity contribution is -0.133.